The number of hydrogen-bond donors (Lipinski definition) is 1. The lowest BCUT2D eigenvalue weighted by Gasteiger charge is -2.14. The third-order valence-electron chi connectivity index (χ3n) is 2.97. The summed E-state index contributed by atoms with van der Waals surface area (Å²) in [5, 5.41) is 0. The number of nitrogens with two attached hydrogens (primary N) is 1. The van der Waals surface area contributed by atoms with Crippen molar-refractivity contribution >= 4 is 0 Å². The Morgan fingerprint density at radius 2 is 2.08 bits per heavy atom. The molecule has 2 rings (SSSR count). The fraction of sp³-hybridized carbons (Fsp3) is 0.545. The molecule has 0 aliphatic heterocycles. The molecule has 0 bridgehead atoms. The van der Waals surface area contributed by atoms with E-state index in [9.17, 15) is 0 Å². The topological polar surface area (TPSA) is 38.9 Å². The van der Waals surface area contributed by atoms with Gasteiger partial charge in [0.2, 0.25) is 0 Å². The highest BCUT2D eigenvalue weighted by molar-refractivity contribution is 5.11. The van der Waals surface area contributed by atoms with E-state index in [1.807, 2.05) is 12.4 Å². The van der Waals surface area contributed by atoms with E-state index in [0.717, 1.165) is 6.42 Å². The second kappa shape index (κ2) is 3.88. The van der Waals surface area contributed by atoms with Crippen LogP contribution in [0.1, 0.15) is 24.8 Å². The van der Waals surface area contributed by atoms with Gasteiger partial charge in [0.1, 0.15) is 0 Å². The molecule has 0 aromatic carbocycles. The van der Waals surface area contributed by atoms with E-state index in [4.69, 9.17) is 5.73 Å². The van der Waals surface area contributed by atoms with Crippen LogP contribution in [-0.2, 0) is 6.42 Å². The number of nitrogens with zero attached hydrogens (tertiary/aromatic N) is 1. The largest absolute Gasteiger partial charge is 0.327 e. The Balaban J connectivity index is 1.98. The van der Waals surface area contributed by atoms with E-state index >= 15 is 0 Å². The van der Waals surface area contributed by atoms with Crippen LogP contribution in [0.5, 0.6) is 0 Å². The summed E-state index contributed by atoms with van der Waals surface area (Å²) in [5.41, 5.74) is 7.38. The molecule has 1 saturated carbocycles. The average molecular weight is 176 g/mol. The normalized spacial score (nSPS) is 27.8. The van der Waals surface area contributed by atoms with Gasteiger partial charge in [-0.05, 0) is 42.9 Å². The first-order valence-corrected chi connectivity index (χ1v) is 5.01. The minimum atomic E-state index is 0.424. The van der Waals surface area contributed by atoms with Crippen molar-refractivity contribution in [2.45, 2.75) is 31.7 Å². The summed E-state index contributed by atoms with van der Waals surface area (Å²) >= 11 is 0. The Bertz CT molecular complexity index is 258. The summed E-state index contributed by atoms with van der Waals surface area (Å²) in [6, 6.07) is 4.60. The highest BCUT2D eigenvalue weighted by Gasteiger charge is 2.23. The summed E-state index contributed by atoms with van der Waals surface area (Å²) in [6.07, 6.45) is 8.64. The molecule has 1 aromatic rings. The smallest absolute Gasteiger partial charge is 0.0270 e. The van der Waals surface area contributed by atoms with Gasteiger partial charge in [-0.25, -0.2) is 0 Å². The quantitative estimate of drug-likeness (QED) is 0.745. The lowest BCUT2D eigenvalue weighted by molar-refractivity contribution is 0.478. The van der Waals surface area contributed by atoms with Gasteiger partial charge >= 0.3 is 0 Å². The van der Waals surface area contributed by atoms with Gasteiger partial charge in [-0.2, -0.15) is 0 Å². The third-order valence-corrected chi connectivity index (χ3v) is 2.97. The molecule has 0 saturated heterocycles. The maximum absolute atomic E-state index is 6.01. The van der Waals surface area contributed by atoms with Crippen molar-refractivity contribution < 1.29 is 0 Å². The van der Waals surface area contributed by atoms with E-state index in [-0.39, 0.29) is 0 Å². The second-order valence-electron chi connectivity index (χ2n) is 3.91. The summed E-state index contributed by atoms with van der Waals surface area (Å²) in [6.45, 7) is 0. The van der Waals surface area contributed by atoms with Gasteiger partial charge < -0.3 is 5.73 Å². The van der Waals surface area contributed by atoms with E-state index in [2.05, 4.69) is 17.1 Å². The van der Waals surface area contributed by atoms with Gasteiger partial charge in [0, 0.05) is 18.4 Å². The minimum Gasteiger partial charge on any atom is -0.327 e. The van der Waals surface area contributed by atoms with Crippen LogP contribution in [0.25, 0.3) is 0 Å². The number of pyridine rings is 1. The van der Waals surface area contributed by atoms with Crippen molar-refractivity contribution in [2.75, 3.05) is 0 Å². The van der Waals surface area contributed by atoms with Gasteiger partial charge in [0.05, 0.1) is 0 Å². The van der Waals surface area contributed by atoms with Crippen LogP contribution in [0.4, 0.5) is 0 Å². The molecule has 1 aliphatic rings. The molecule has 1 fully saturated rings. The first kappa shape index (κ1) is 8.70. The van der Waals surface area contributed by atoms with E-state index in [1.54, 1.807) is 0 Å². The monoisotopic (exact) mass is 176 g/mol. The number of rotatable bonds is 2. The molecular formula is C11H16N2. The second-order valence-corrected chi connectivity index (χ2v) is 3.91. The Morgan fingerprint density at radius 3 is 2.69 bits per heavy atom. The molecular weight excluding hydrogens is 160 g/mol. The zero-order chi connectivity index (χ0) is 9.10. The molecule has 1 heterocycles. The van der Waals surface area contributed by atoms with Crippen LogP contribution in [0.3, 0.4) is 0 Å². The van der Waals surface area contributed by atoms with Gasteiger partial charge in [0.15, 0.2) is 0 Å². The summed E-state index contributed by atoms with van der Waals surface area (Å²) < 4.78 is 0. The molecule has 2 heteroatoms. The van der Waals surface area contributed by atoms with Crippen LogP contribution < -0.4 is 5.73 Å². The van der Waals surface area contributed by atoms with Gasteiger partial charge in [0.25, 0.3) is 0 Å². The maximum Gasteiger partial charge on any atom is 0.0270 e. The van der Waals surface area contributed by atoms with Crippen molar-refractivity contribution in [3.8, 4) is 0 Å². The molecule has 13 heavy (non-hydrogen) atoms. The zero-order valence-corrected chi connectivity index (χ0v) is 7.82. The molecule has 2 nitrogen and oxygen atoms in total. The Morgan fingerprint density at radius 1 is 1.31 bits per heavy atom. The van der Waals surface area contributed by atoms with Crippen LogP contribution in [0, 0.1) is 5.92 Å². The molecule has 0 radical (unpaired) electrons. The van der Waals surface area contributed by atoms with Crippen LogP contribution in [0.15, 0.2) is 24.5 Å². The predicted octanol–water partition coefficient (Wildman–Crippen LogP) is 1.75. The van der Waals surface area contributed by atoms with Crippen LogP contribution >= 0.6 is 0 Å². The highest BCUT2D eigenvalue weighted by atomic mass is 14.7. The van der Waals surface area contributed by atoms with Gasteiger partial charge in [-0.15, -0.1) is 0 Å². The zero-order valence-electron chi connectivity index (χ0n) is 7.82. The summed E-state index contributed by atoms with van der Waals surface area (Å²) in [4.78, 5) is 4.01. The lowest BCUT2D eigenvalue weighted by atomic mass is 9.96. The molecule has 1 aliphatic carbocycles. The molecule has 0 unspecified atom stereocenters. The van der Waals surface area contributed by atoms with Crippen molar-refractivity contribution in [3.05, 3.63) is 30.1 Å². The Labute approximate surface area is 79.2 Å². The van der Waals surface area contributed by atoms with Gasteiger partial charge in [-0.1, -0.05) is 6.42 Å². The molecule has 2 atom stereocenters. The fourth-order valence-corrected chi connectivity index (χ4v) is 2.14. The summed E-state index contributed by atoms with van der Waals surface area (Å²) in [7, 11) is 0. The van der Waals surface area contributed by atoms with E-state index < -0.39 is 0 Å². The first-order valence-electron chi connectivity index (χ1n) is 5.01. The van der Waals surface area contributed by atoms with Crippen molar-refractivity contribution in [2.24, 2.45) is 11.7 Å². The van der Waals surface area contributed by atoms with Crippen LogP contribution in [-0.4, -0.2) is 11.0 Å². The van der Waals surface area contributed by atoms with Crippen LogP contribution in [0.2, 0.25) is 0 Å². The molecule has 70 valence electrons. The van der Waals surface area contributed by atoms with Gasteiger partial charge in [-0.3, -0.25) is 4.98 Å². The van der Waals surface area contributed by atoms with E-state index in [0.29, 0.717) is 12.0 Å². The summed E-state index contributed by atoms with van der Waals surface area (Å²) in [5.74, 6) is 0.697. The third kappa shape index (κ3) is 2.07. The molecule has 0 spiro atoms. The maximum atomic E-state index is 6.01. The number of hydrogen-bond acceptors (Lipinski definition) is 2. The fourth-order valence-electron chi connectivity index (χ4n) is 2.14. The molecule has 2 N–H and O–H groups in total. The molecule has 1 aromatic heterocycles. The Kier molecular flexibility index (Phi) is 2.60. The minimum absolute atomic E-state index is 0.424. The van der Waals surface area contributed by atoms with Crippen molar-refractivity contribution in [1.29, 1.82) is 0 Å². The highest BCUT2D eigenvalue weighted by Crippen LogP contribution is 2.26. The molecule has 0 amide bonds. The number of aromatic nitrogens is 1. The SMILES string of the molecule is N[C@@H]1CCC[C@@H]1Cc1ccncc1. The van der Waals surface area contributed by atoms with Crippen molar-refractivity contribution in [3.63, 3.8) is 0 Å². The predicted molar refractivity (Wildman–Crippen MR) is 53.3 cm³/mol. The lowest BCUT2D eigenvalue weighted by Crippen LogP contribution is -2.25. The van der Waals surface area contributed by atoms with E-state index in [1.165, 1.54) is 24.8 Å². The standard InChI is InChI=1S/C11H16N2/c12-11-3-1-2-10(11)8-9-4-6-13-7-5-9/h4-7,10-11H,1-3,8,12H2/t10-,11-/m1/s1. The Hall–Kier alpha value is -0.890. The first-order chi connectivity index (χ1) is 6.36. The average Bonchev–Trinajstić information content (AvgIpc) is 2.54. The van der Waals surface area contributed by atoms with Crippen molar-refractivity contribution in [1.82, 2.24) is 4.98 Å².